The maximum atomic E-state index is 5.62. The van der Waals surface area contributed by atoms with Gasteiger partial charge in [0.25, 0.3) is 0 Å². The van der Waals surface area contributed by atoms with Gasteiger partial charge in [-0.15, -0.1) is 11.8 Å². The predicted octanol–water partition coefficient (Wildman–Crippen LogP) is 2.15. The summed E-state index contributed by atoms with van der Waals surface area (Å²) in [5.74, 6) is 0.861. The number of thioether (sulfide) groups is 1. The summed E-state index contributed by atoms with van der Waals surface area (Å²) in [5, 5.41) is 1.05. The van der Waals surface area contributed by atoms with Crippen molar-refractivity contribution in [3.63, 3.8) is 0 Å². The molecule has 0 amide bonds. The highest BCUT2D eigenvalue weighted by Gasteiger charge is 2.07. The van der Waals surface area contributed by atoms with E-state index < -0.39 is 0 Å². The molecule has 16 heavy (non-hydrogen) atoms. The lowest BCUT2D eigenvalue weighted by Crippen LogP contribution is -2.26. The molecular weight excluding hydrogens is 220 g/mol. The zero-order valence-corrected chi connectivity index (χ0v) is 11.0. The van der Waals surface area contributed by atoms with E-state index in [1.165, 1.54) is 5.56 Å². The Kier molecular flexibility index (Phi) is 5.80. The van der Waals surface area contributed by atoms with Gasteiger partial charge in [-0.05, 0) is 38.5 Å². The predicted molar refractivity (Wildman–Crippen MR) is 68.9 cm³/mol. The molecule has 4 heteroatoms. The maximum Gasteiger partial charge on any atom is 0.0966 e. The van der Waals surface area contributed by atoms with Crippen molar-refractivity contribution < 1.29 is 4.74 Å². The molecule has 1 aromatic heterocycles. The van der Waals surface area contributed by atoms with Gasteiger partial charge in [0.2, 0.25) is 0 Å². The Morgan fingerprint density at radius 2 is 2.19 bits per heavy atom. The molecule has 0 aliphatic heterocycles. The van der Waals surface area contributed by atoms with Crippen molar-refractivity contribution in [2.24, 2.45) is 5.73 Å². The molecule has 2 N–H and O–H groups in total. The van der Waals surface area contributed by atoms with Crippen molar-refractivity contribution in [3.05, 3.63) is 23.4 Å². The van der Waals surface area contributed by atoms with Crippen LogP contribution in [0.2, 0.25) is 0 Å². The average molecular weight is 240 g/mol. The van der Waals surface area contributed by atoms with E-state index in [9.17, 15) is 0 Å². The maximum absolute atomic E-state index is 5.62. The van der Waals surface area contributed by atoms with Crippen molar-refractivity contribution in [2.75, 3.05) is 18.9 Å². The zero-order valence-electron chi connectivity index (χ0n) is 10.2. The van der Waals surface area contributed by atoms with Gasteiger partial charge in [0.05, 0.1) is 11.1 Å². The number of ether oxygens (including phenoxy) is 1. The molecule has 1 rings (SSSR count). The number of aromatic nitrogens is 1. The molecule has 1 aromatic rings. The molecule has 0 spiro atoms. The first-order valence-electron chi connectivity index (χ1n) is 5.55. The summed E-state index contributed by atoms with van der Waals surface area (Å²) in [4.78, 5) is 4.47. The molecule has 0 fully saturated rings. The highest BCUT2D eigenvalue weighted by atomic mass is 32.2. The van der Waals surface area contributed by atoms with Gasteiger partial charge in [0, 0.05) is 24.6 Å². The highest BCUT2D eigenvalue weighted by Crippen LogP contribution is 2.19. The second-order valence-electron chi connectivity index (χ2n) is 3.75. The van der Waals surface area contributed by atoms with Crippen LogP contribution < -0.4 is 5.73 Å². The first kappa shape index (κ1) is 13.5. The molecule has 1 atom stereocenters. The smallest absolute Gasteiger partial charge is 0.0966 e. The molecule has 0 bridgehead atoms. The van der Waals surface area contributed by atoms with Gasteiger partial charge in [0.15, 0.2) is 0 Å². The van der Waals surface area contributed by atoms with Crippen LogP contribution in [-0.4, -0.2) is 30.0 Å². The van der Waals surface area contributed by atoms with E-state index in [4.69, 9.17) is 10.5 Å². The van der Waals surface area contributed by atoms with E-state index in [0.717, 1.165) is 16.5 Å². The van der Waals surface area contributed by atoms with Crippen LogP contribution in [0, 0.1) is 13.8 Å². The molecular formula is C12H20N2OS. The fraction of sp³-hybridized carbons (Fsp3) is 0.583. The summed E-state index contributed by atoms with van der Waals surface area (Å²) in [6.07, 6.45) is 0.123. The van der Waals surface area contributed by atoms with E-state index >= 15 is 0 Å². The van der Waals surface area contributed by atoms with Crippen LogP contribution in [-0.2, 0) is 4.74 Å². The van der Waals surface area contributed by atoms with Crippen molar-refractivity contribution in [1.82, 2.24) is 4.98 Å². The Morgan fingerprint density at radius 1 is 1.44 bits per heavy atom. The van der Waals surface area contributed by atoms with Crippen molar-refractivity contribution >= 4 is 11.8 Å². The first-order chi connectivity index (χ1) is 7.65. The molecule has 0 aliphatic carbocycles. The minimum Gasteiger partial charge on any atom is -0.376 e. The van der Waals surface area contributed by atoms with Crippen molar-refractivity contribution in [2.45, 2.75) is 31.9 Å². The second kappa shape index (κ2) is 6.89. The van der Waals surface area contributed by atoms with Gasteiger partial charge in [-0.3, -0.25) is 0 Å². The fourth-order valence-electron chi connectivity index (χ4n) is 1.48. The Labute approximate surface area is 102 Å². The number of rotatable bonds is 6. The number of hydrogen-bond donors (Lipinski definition) is 1. The standard InChI is InChI=1S/C12H20N2OS/c1-4-15-11(7-13)8-16-12-6-9(2)5-10(3)14-12/h5-6,11H,4,7-8,13H2,1-3H3. The van der Waals surface area contributed by atoms with Crippen LogP contribution >= 0.6 is 11.8 Å². The molecule has 0 aromatic carbocycles. The normalized spacial score (nSPS) is 12.8. The number of pyridine rings is 1. The topological polar surface area (TPSA) is 48.1 Å². The third kappa shape index (κ3) is 4.51. The molecule has 90 valence electrons. The van der Waals surface area contributed by atoms with Gasteiger partial charge in [-0.2, -0.15) is 0 Å². The number of aryl methyl sites for hydroxylation is 2. The van der Waals surface area contributed by atoms with Crippen molar-refractivity contribution in [3.8, 4) is 0 Å². The number of nitrogens with zero attached hydrogens (tertiary/aromatic N) is 1. The van der Waals surface area contributed by atoms with E-state index in [1.54, 1.807) is 11.8 Å². The van der Waals surface area contributed by atoms with Gasteiger partial charge in [-0.25, -0.2) is 4.98 Å². The highest BCUT2D eigenvalue weighted by molar-refractivity contribution is 7.99. The molecule has 3 nitrogen and oxygen atoms in total. The van der Waals surface area contributed by atoms with E-state index in [2.05, 4.69) is 24.0 Å². The Bertz CT molecular complexity index is 311. The molecule has 0 saturated heterocycles. The van der Waals surface area contributed by atoms with E-state index in [0.29, 0.717) is 13.2 Å². The van der Waals surface area contributed by atoms with Gasteiger partial charge in [-0.1, -0.05) is 0 Å². The molecule has 1 heterocycles. The minimum atomic E-state index is 0.123. The van der Waals surface area contributed by atoms with Crippen LogP contribution in [0.15, 0.2) is 17.2 Å². The summed E-state index contributed by atoms with van der Waals surface area (Å²) in [6, 6.07) is 4.17. The summed E-state index contributed by atoms with van der Waals surface area (Å²) in [7, 11) is 0. The Balaban J connectivity index is 2.52. The molecule has 0 radical (unpaired) electrons. The molecule has 1 unspecified atom stereocenters. The summed E-state index contributed by atoms with van der Waals surface area (Å²) in [6.45, 7) is 7.36. The lowest BCUT2D eigenvalue weighted by atomic mass is 10.3. The van der Waals surface area contributed by atoms with Crippen LogP contribution in [0.25, 0.3) is 0 Å². The SMILES string of the molecule is CCOC(CN)CSc1cc(C)cc(C)n1. The van der Waals surface area contributed by atoms with Crippen molar-refractivity contribution in [1.29, 1.82) is 0 Å². The molecule has 0 aliphatic rings. The Hall–Kier alpha value is -0.580. The van der Waals surface area contributed by atoms with Crippen LogP contribution in [0.1, 0.15) is 18.2 Å². The van der Waals surface area contributed by atoms with E-state index in [1.807, 2.05) is 13.8 Å². The monoisotopic (exact) mass is 240 g/mol. The van der Waals surface area contributed by atoms with Gasteiger partial charge >= 0.3 is 0 Å². The summed E-state index contributed by atoms with van der Waals surface area (Å²) < 4.78 is 5.50. The summed E-state index contributed by atoms with van der Waals surface area (Å²) >= 11 is 1.71. The summed E-state index contributed by atoms with van der Waals surface area (Å²) in [5.41, 5.74) is 7.93. The minimum absolute atomic E-state index is 0.123. The third-order valence-corrected chi connectivity index (χ3v) is 3.20. The van der Waals surface area contributed by atoms with Crippen LogP contribution in [0.4, 0.5) is 0 Å². The lowest BCUT2D eigenvalue weighted by Gasteiger charge is -2.14. The average Bonchev–Trinajstić information content (AvgIpc) is 2.23. The van der Waals surface area contributed by atoms with Gasteiger partial charge < -0.3 is 10.5 Å². The third-order valence-electron chi connectivity index (χ3n) is 2.16. The zero-order chi connectivity index (χ0) is 12.0. The first-order valence-corrected chi connectivity index (χ1v) is 6.54. The van der Waals surface area contributed by atoms with Crippen LogP contribution in [0.3, 0.4) is 0 Å². The number of nitrogens with two attached hydrogens (primary N) is 1. The quantitative estimate of drug-likeness (QED) is 0.774. The van der Waals surface area contributed by atoms with Gasteiger partial charge in [0.1, 0.15) is 0 Å². The second-order valence-corrected chi connectivity index (χ2v) is 4.79. The van der Waals surface area contributed by atoms with E-state index in [-0.39, 0.29) is 6.10 Å². The molecule has 0 saturated carbocycles. The lowest BCUT2D eigenvalue weighted by molar-refractivity contribution is 0.0858. The number of hydrogen-bond acceptors (Lipinski definition) is 4. The Morgan fingerprint density at radius 3 is 2.75 bits per heavy atom. The largest absolute Gasteiger partial charge is 0.376 e. The fourth-order valence-corrected chi connectivity index (χ4v) is 2.54. The van der Waals surface area contributed by atoms with Crippen LogP contribution in [0.5, 0.6) is 0 Å².